The van der Waals surface area contributed by atoms with Gasteiger partial charge in [0, 0.05) is 26.2 Å². The van der Waals surface area contributed by atoms with Gasteiger partial charge in [0.25, 0.3) is 0 Å². The predicted molar refractivity (Wildman–Crippen MR) is 107 cm³/mol. The van der Waals surface area contributed by atoms with Crippen LogP contribution in [0.25, 0.3) is 0 Å². The predicted octanol–water partition coefficient (Wildman–Crippen LogP) is 2.16. The molecule has 0 atom stereocenters. The Hall–Kier alpha value is -2.19. The maximum atomic E-state index is 12.9. The van der Waals surface area contributed by atoms with Gasteiger partial charge in [-0.15, -0.1) is 0 Å². The van der Waals surface area contributed by atoms with Crippen molar-refractivity contribution in [1.29, 1.82) is 0 Å². The van der Waals surface area contributed by atoms with Crippen LogP contribution in [0.4, 0.5) is 11.8 Å². The van der Waals surface area contributed by atoms with E-state index in [2.05, 4.69) is 35.6 Å². The number of anilines is 2. The SMILES string of the molecule is CCN1CCN(c2ncc(S(=O)(=O)c3ccc(C(C)C)cc3)c(N)n2)CC1. The third-order valence-corrected chi connectivity index (χ3v) is 6.81. The highest BCUT2D eigenvalue weighted by Crippen LogP contribution is 2.27. The minimum Gasteiger partial charge on any atom is -0.382 e. The minimum atomic E-state index is -3.75. The highest BCUT2D eigenvalue weighted by molar-refractivity contribution is 7.91. The Bertz CT molecular complexity index is 889. The molecule has 0 bridgehead atoms. The summed E-state index contributed by atoms with van der Waals surface area (Å²) in [5.74, 6) is 0.811. The molecule has 27 heavy (non-hydrogen) atoms. The molecule has 7 nitrogen and oxygen atoms in total. The average Bonchev–Trinajstić information content (AvgIpc) is 2.67. The molecule has 0 aliphatic carbocycles. The number of nitrogen functional groups attached to an aromatic ring is 1. The Labute approximate surface area is 161 Å². The summed E-state index contributed by atoms with van der Waals surface area (Å²) in [5.41, 5.74) is 7.10. The van der Waals surface area contributed by atoms with Crippen LogP contribution < -0.4 is 10.6 Å². The highest BCUT2D eigenvalue weighted by atomic mass is 32.2. The summed E-state index contributed by atoms with van der Waals surface area (Å²) >= 11 is 0. The van der Waals surface area contributed by atoms with E-state index in [4.69, 9.17) is 5.73 Å². The van der Waals surface area contributed by atoms with Crippen LogP contribution >= 0.6 is 0 Å². The molecule has 1 fully saturated rings. The fourth-order valence-corrected chi connectivity index (χ4v) is 4.42. The van der Waals surface area contributed by atoms with E-state index in [-0.39, 0.29) is 15.6 Å². The van der Waals surface area contributed by atoms with Crippen molar-refractivity contribution in [3.63, 3.8) is 0 Å². The van der Waals surface area contributed by atoms with Crippen LogP contribution in [0.2, 0.25) is 0 Å². The molecule has 0 saturated carbocycles. The van der Waals surface area contributed by atoms with Crippen LogP contribution in [-0.4, -0.2) is 56.0 Å². The molecule has 3 rings (SSSR count). The third-order valence-electron chi connectivity index (χ3n) is 5.02. The van der Waals surface area contributed by atoms with Gasteiger partial charge in [-0.05, 0) is 30.2 Å². The topological polar surface area (TPSA) is 92.4 Å². The molecule has 0 unspecified atom stereocenters. The number of nitrogens with two attached hydrogens (primary N) is 1. The lowest BCUT2D eigenvalue weighted by Gasteiger charge is -2.34. The Balaban J connectivity index is 1.84. The summed E-state index contributed by atoms with van der Waals surface area (Å²) in [6.07, 6.45) is 1.33. The van der Waals surface area contributed by atoms with Crippen LogP contribution in [0.5, 0.6) is 0 Å². The number of sulfone groups is 1. The highest BCUT2D eigenvalue weighted by Gasteiger charge is 2.24. The van der Waals surface area contributed by atoms with Crippen molar-refractivity contribution < 1.29 is 8.42 Å². The fraction of sp³-hybridized carbons (Fsp3) is 0.474. The van der Waals surface area contributed by atoms with Crippen LogP contribution in [-0.2, 0) is 9.84 Å². The lowest BCUT2D eigenvalue weighted by atomic mass is 10.0. The summed E-state index contributed by atoms with van der Waals surface area (Å²) < 4.78 is 25.8. The number of hydrogen-bond donors (Lipinski definition) is 1. The number of hydrogen-bond acceptors (Lipinski definition) is 7. The van der Waals surface area contributed by atoms with Crippen molar-refractivity contribution >= 4 is 21.6 Å². The average molecular weight is 390 g/mol. The lowest BCUT2D eigenvalue weighted by molar-refractivity contribution is 0.270. The molecule has 2 aromatic rings. The van der Waals surface area contributed by atoms with Gasteiger partial charge >= 0.3 is 0 Å². The monoisotopic (exact) mass is 389 g/mol. The quantitative estimate of drug-likeness (QED) is 0.837. The summed E-state index contributed by atoms with van der Waals surface area (Å²) in [6.45, 7) is 10.7. The zero-order chi connectivity index (χ0) is 19.6. The van der Waals surface area contributed by atoms with E-state index in [9.17, 15) is 8.42 Å². The molecule has 1 aromatic heterocycles. The van der Waals surface area contributed by atoms with E-state index in [1.807, 2.05) is 17.0 Å². The number of rotatable bonds is 5. The Kier molecular flexibility index (Phi) is 5.67. The molecule has 0 spiro atoms. The van der Waals surface area contributed by atoms with Gasteiger partial charge in [-0.3, -0.25) is 0 Å². The summed E-state index contributed by atoms with van der Waals surface area (Å²) in [4.78, 5) is 13.1. The fourth-order valence-electron chi connectivity index (χ4n) is 3.16. The molecule has 146 valence electrons. The zero-order valence-electron chi connectivity index (χ0n) is 16.1. The first kappa shape index (κ1) is 19.6. The molecule has 0 amide bonds. The van der Waals surface area contributed by atoms with Crippen LogP contribution in [0.15, 0.2) is 40.3 Å². The maximum Gasteiger partial charge on any atom is 0.227 e. The second kappa shape index (κ2) is 7.82. The zero-order valence-corrected chi connectivity index (χ0v) is 16.9. The maximum absolute atomic E-state index is 12.9. The van der Waals surface area contributed by atoms with Gasteiger partial charge in [-0.2, -0.15) is 4.98 Å². The van der Waals surface area contributed by atoms with E-state index in [0.717, 1.165) is 38.3 Å². The first-order valence-corrected chi connectivity index (χ1v) is 10.8. The summed E-state index contributed by atoms with van der Waals surface area (Å²) in [5, 5.41) is 0. The van der Waals surface area contributed by atoms with Gasteiger partial charge in [0.15, 0.2) is 0 Å². The number of benzene rings is 1. The molecule has 8 heteroatoms. The molecule has 2 N–H and O–H groups in total. The molecule has 1 saturated heterocycles. The molecular formula is C19H27N5O2S. The Morgan fingerprint density at radius 3 is 2.26 bits per heavy atom. The molecule has 2 heterocycles. The second-order valence-electron chi connectivity index (χ2n) is 7.07. The van der Waals surface area contributed by atoms with E-state index in [1.165, 1.54) is 6.20 Å². The standard InChI is InChI=1S/C19H27N5O2S/c1-4-23-9-11-24(12-10-23)19-21-13-17(18(20)22-19)27(25,26)16-7-5-15(6-8-16)14(2)3/h5-8,13-14H,4,9-12H2,1-3H3,(H2,20,21,22). The molecule has 1 aliphatic rings. The number of likely N-dealkylation sites (N-methyl/N-ethyl adjacent to an activating group) is 1. The van der Waals surface area contributed by atoms with Gasteiger partial charge in [0.2, 0.25) is 15.8 Å². The van der Waals surface area contributed by atoms with Crippen molar-refractivity contribution in [2.24, 2.45) is 0 Å². The number of piperazine rings is 1. The normalized spacial score (nSPS) is 16.1. The van der Waals surface area contributed by atoms with Crippen molar-refractivity contribution in [1.82, 2.24) is 14.9 Å². The molecule has 0 radical (unpaired) electrons. The van der Waals surface area contributed by atoms with Gasteiger partial charge < -0.3 is 15.5 Å². The van der Waals surface area contributed by atoms with E-state index in [0.29, 0.717) is 11.9 Å². The summed E-state index contributed by atoms with van der Waals surface area (Å²) in [6, 6.07) is 6.89. The van der Waals surface area contributed by atoms with Gasteiger partial charge in [-0.25, -0.2) is 13.4 Å². The number of nitrogens with zero attached hydrogens (tertiary/aromatic N) is 4. The molecule has 1 aromatic carbocycles. The van der Waals surface area contributed by atoms with Crippen molar-refractivity contribution in [2.75, 3.05) is 43.4 Å². The summed E-state index contributed by atoms with van der Waals surface area (Å²) in [7, 11) is -3.75. The van der Waals surface area contributed by atoms with Crippen molar-refractivity contribution in [3.05, 3.63) is 36.0 Å². The molecule has 1 aliphatic heterocycles. The van der Waals surface area contributed by atoms with Crippen LogP contribution in [0, 0.1) is 0 Å². The first-order chi connectivity index (χ1) is 12.8. The van der Waals surface area contributed by atoms with E-state index in [1.54, 1.807) is 12.1 Å². The second-order valence-corrected chi connectivity index (χ2v) is 8.99. The molecular weight excluding hydrogens is 362 g/mol. The van der Waals surface area contributed by atoms with Crippen LogP contribution in [0.1, 0.15) is 32.3 Å². The Morgan fingerprint density at radius 2 is 1.74 bits per heavy atom. The third kappa shape index (κ3) is 4.06. The van der Waals surface area contributed by atoms with Gasteiger partial charge in [0.05, 0.1) is 11.1 Å². The Morgan fingerprint density at radius 1 is 1.11 bits per heavy atom. The van der Waals surface area contributed by atoms with Crippen LogP contribution in [0.3, 0.4) is 0 Å². The number of aromatic nitrogens is 2. The lowest BCUT2D eigenvalue weighted by Crippen LogP contribution is -2.46. The largest absolute Gasteiger partial charge is 0.382 e. The van der Waals surface area contributed by atoms with E-state index < -0.39 is 9.84 Å². The van der Waals surface area contributed by atoms with E-state index >= 15 is 0 Å². The van der Waals surface area contributed by atoms with Crippen molar-refractivity contribution in [3.8, 4) is 0 Å². The minimum absolute atomic E-state index is 0.00847. The van der Waals surface area contributed by atoms with Gasteiger partial charge in [-0.1, -0.05) is 32.9 Å². The van der Waals surface area contributed by atoms with Gasteiger partial charge in [0.1, 0.15) is 10.7 Å². The van der Waals surface area contributed by atoms with Crippen molar-refractivity contribution in [2.45, 2.75) is 36.5 Å². The first-order valence-electron chi connectivity index (χ1n) is 9.27. The smallest absolute Gasteiger partial charge is 0.227 e.